The van der Waals surface area contributed by atoms with Crippen molar-refractivity contribution in [3.8, 4) is 11.5 Å². The Hall–Kier alpha value is -1.13. The molecular weight excluding hydrogens is 441 g/mol. The van der Waals surface area contributed by atoms with Crippen molar-refractivity contribution in [2.75, 3.05) is 6.61 Å². The molecule has 0 aliphatic carbocycles. The van der Waals surface area contributed by atoms with Gasteiger partial charge in [0.2, 0.25) is 0 Å². The third-order valence-corrected chi connectivity index (χ3v) is 5.04. The molecule has 0 heterocycles. The molecule has 168 valence electrons. The van der Waals surface area contributed by atoms with Crippen LogP contribution in [0.1, 0.15) is 59.1 Å². The van der Waals surface area contributed by atoms with Crippen LogP contribution in [0.3, 0.4) is 0 Å². The minimum atomic E-state index is 0. The monoisotopic (exact) mass is 473 g/mol. The van der Waals surface area contributed by atoms with E-state index in [9.17, 15) is 0 Å². The van der Waals surface area contributed by atoms with Gasteiger partial charge in [-0.1, -0.05) is 56.1 Å². The van der Waals surface area contributed by atoms with Gasteiger partial charge in [-0.25, -0.2) is 0 Å². The van der Waals surface area contributed by atoms with Crippen LogP contribution in [-0.4, -0.2) is 12.1 Å². The Bertz CT molecular complexity index is 817. The van der Waals surface area contributed by atoms with Crippen molar-refractivity contribution in [3.63, 3.8) is 0 Å². The van der Waals surface area contributed by atoms with Gasteiger partial charge >= 0.3 is 0 Å². The average molecular weight is 475 g/mol. The molecule has 0 unspecified atom stereocenters. The van der Waals surface area contributed by atoms with E-state index in [1.54, 1.807) is 6.07 Å². The maximum Gasteiger partial charge on any atom is 0.161 e. The molecule has 0 spiro atoms. The number of nitrogens with one attached hydrogen (secondary N) is 1. The van der Waals surface area contributed by atoms with Crippen molar-refractivity contribution in [2.24, 2.45) is 5.41 Å². The standard InChI is InChI=1S/C24H33Cl2NO2.ClH/c1-7-28-22-12-17(14-27-24(5,6)16-23(2,3)4)8-11-21(22)29-15-18-9-10-19(25)13-20(18)26;/h8-13,27H,7,14-16H2,1-6H3;1H. The largest absolute Gasteiger partial charge is 0.490 e. The first-order chi connectivity index (χ1) is 13.5. The number of hydrogen-bond acceptors (Lipinski definition) is 3. The molecule has 1 N–H and O–H groups in total. The minimum absolute atomic E-state index is 0. The van der Waals surface area contributed by atoms with Crippen molar-refractivity contribution in [1.29, 1.82) is 0 Å². The van der Waals surface area contributed by atoms with E-state index in [4.69, 9.17) is 32.7 Å². The van der Waals surface area contributed by atoms with E-state index in [1.165, 1.54) is 0 Å². The van der Waals surface area contributed by atoms with Crippen molar-refractivity contribution < 1.29 is 9.47 Å². The normalized spacial score (nSPS) is 11.7. The van der Waals surface area contributed by atoms with E-state index in [0.29, 0.717) is 29.0 Å². The summed E-state index contributed by atoms with van der Waals surface area (Å²) in [5.41, 5.74) is 2.36. The van der Waals surface area contributed by atoms with Gasteiger partial charge in [-0.05, 0) is 62.4 Å². The van der Waals surface area contributed by atoms with Gasteiger partial charge in [0.05, 0.1) is 6.61 Å². The molecule has 0 saturated heterocycles. The molecule has 3 nitrogen and oxygen atoms in total. The zero-order valence-corrected chi connectivity index (χ0v) is 21.1. The highest BCUT2D eigenvalue weighted by molar-refractivity contribution is 6.35. The third kappa shape index (κ3) is 8.93. The molecule has 30 heavy (non-hydrogen) atoms. The molecule has 0 saturated carbocycles. The fourth-order valence-electron chi connectivity index (χ4n) is 3.57. The molecule has 0 amide bonds. The van der Waals surface area contributed by atoms with Gasteiger partial charge in [0, 0.05) is 27.7 Å². The SMILES string of the molecule is CCOc1cc(CNC(C)(C)CC(C)(C)C)ccc1OCc1ccc(Cl)cc1Cl.Cl. The number of benzene rings is 2. The summed E-state index contributed by atoms with van der Waals surface area (Å²) in [7, 11) is 0. The van der Waals surface area contributed by atoms with E-state index in [0.717, 1.165) is 29.8 Å². The van der Waals surface area contributed by atoms with E-state index in [1.807, 2.05) is 31.2 Å². The van der Waals surface area contributed by atoms with E-state index >= 15 is 0 Å². The van der Waals surface area contributed by atoms with Crippen molar-refractivity contribution in [2.45, 2.75) is 66.7 Å². The zero-order valence-electron chi connectivity index (χ0n) is 18.8. The van der Waals surface area contributed by atoms with Crippen LogP contribution >= 0.6 is 35.6 Å². The van der Waals surface area contributed by atoms with Gasteiger partial charge in [0.1, 0.15) is 6.61 Å². The highest BCUT2D eigenvalue weighted by Crippen LogP contribution is 2.31. The van der Waals surface area contributed by atoms with Crippen LogP contribution in [0, 0.1) is 5.41 Å². The second-order valence-corrected chi connectivity index (χ2v) is 10.1. The molecule has 2 aromatic carbocycles. The van der Waals surface area contributed by atoms with Gasteiger partial charge in [-0.2, -0.15) is 0 Å². The molecule has 0 radical (unpaired) electrons. The molecule has 0 fully saturated rings. The van der Waals surface area contributed by atoms with Crippen LogP contribution in [0.25, 0.3) is 0 Å². The molecular formula is C24H34Cl3NO2. The number of hydrogen-bond donors (Lipinski definition) is 1. The van der Waals surface area contributed by atoms with Gasteiger partial charge < -0.3 is 14.8 Å². The zero-order chi connectivity index (χ0) is 21.7. The summed E-state index contributed by atoms with van der Waals surface area (Å²) in [6.45, 7) is 15.0. The molecule has 2 aromatic rings. The van der Waals surface area contributed by atoms with E-state index < -0.39 is 0 Å². The molecule has 0 atom stereocenters. The van der Waals surface area contributed by atoms with Crippen LogP contribution < -0.4 is 14.8 Å². The van der Waals surface area contributed by atoms with E-state index in [2.05, 4.69) is 46.0 Å². The minimum Gasteiger partial charge on any atom is -0.490 e. The maximum atomic E-state index is 6.25. The fraction of sp³-hybridized carbons (Fsp3) is 0.500. The average Bonchev–Trinajstić information content (AvgIpc) is 2.59. The van der Waals surface area contributed by atoms with Crippen molar-refractivity contribution in [3.05, 3.63) is 57.6 Å². The predicted octanol–water partition coefficient (Wildman–Crippen LogP) is 7.70. The Balaban J connectivity index is 0.00000450. The van der Waals surface area contributed by atoms with E-state index in [-0.39, 0.29) is 23.4 Å². The fourth-order valence-corrected chi connectivity index (χ4v) is 4.04. The summed E-state index contributed by atoms with van der Waals surface area (Å²) in [5, 5.41) is 4.87. The molecule has 2 rings (SSSR count). The molecule has 0 aliphatic heterocycles. The predicted molar refractivity (Wildman–Crippen MR) is 131 cm³/mol. The van der Waals surface area contributed by atoms with Gasteiger partial charge in [0.15, 0.2) is 11.5 Å². The van der Waals surface area contributed by atoms with Crippen molar-refractivity contribution >= 4 is 35.6 Å². The summed E-state index contributed by atoms with van der Waals surface area (Å²) in [6, 6.07) is 11.5. The first kappa shape index (κ1) is 26.9. The molecule has 6 heteroatoms. The molecule has 0 aromatic heterocycles. The Morgan fingerprint density at radius 3 is 2.20 bits per heavy atom. The summed E-state index contributed by atoms with van der Waals surface area (Å²) in [6.07, 6.45) is 1.08. The van der Waals surface area contributed by atoms with Crippen LogP contribution in [0.15, 0.2) is 36.4 Å². The Morgan fingerprint density at radius 1 is 0.900 bits per heavy atom. The highest BCUT2D eigenvalue weighted by atomic mass is 35.5. The van der Waals surface area contributed by atoms with Gasteiger partial charge in [-0.15, -0.1) is 12.4 Å². The Labute approximate surface area is 197 Å². The lowest BCUT2D eigenvalue weighted by Gasteiger charge is -2.33. The summed E-state index contributed by atoms with van der Waals surface area (Å²) in [5.74, 6) is 1.45. The lowest BCUT2D eigenvalue weighted by molar-refractivity contribution is 0.240. The second-order valence-electron chi connectivity index (χ2n) is 9.21. The Morgan fingerprint density at radius 2 is 1.60 bits per heavy atom. The topological polar surface area (TPSA) is 30.5 Å². The van der Waals surface area contributed by atoms with Crippen LogP contribution in [0.5, 0.6) is 11.5 Å². The van der Waals surface area contributed by atoms with Crippen LogP contribution in [-0.2, 0) is 13.2 Å². The highest BCUT2D eigenvalue weighted by Gasteiger charge is 2.24. The molecule has 0 aliphatic rings. The van der Waals surface area contributed by atoms with Crippen molar-refractivity contribution in [1.82, 2.24) is 5.32 Å². The lowest BCUT2D eigenvalue weighted by Crippen LogP contribution is -2.41. The quantitative estimate of drug-likeness (QED) is 0.404. The second kappa shape index (κ2) is 11.5. The first-order valence-electron chi connectivity index (χ1n) is 10.1. The van der Waals surface area contributed by atoms with Gasteiger partial charge in [0.25, 0.3) is 0 Å². The van der Waals surface area contributed by atoms with Gasteiger partial charge in [-0.3, -0.25) is 0 Å². The van der Waals surface area contributed by atoms with Crippen LogP contribution in [0.2, 0.25) is 10.0 Å². The summed E-state index contributed by atoms with van der Waals surface area (Å²) >= 11 is 12.2. The smallest absolute Gasteiger partial charge is 0.161 e. The first-order valence-corrected chi connectivity index (χ1v) is 10.8. The third-order valence-electron chi connectivity index (χ3n) is 4.45. The maximum absolute atomic E-state index is 6.25. The summed E-state index contributed by atoms with van der Waals surface area (Å²) in [4.78, 5) is 0. The molecule has 0 bridgehead atoms. The number of ether oxygens (including phenoxy) is 2. The number of rotatable bonds is 9. The summed E-state index contributed by atoms with van der Waals surface area (Å²) < 4.78 is 11.8. The number of halogens is 3. The Kier molecular flexibility index (Phi) is 10.3. The van der Waals surface area contributed by atoms with Crippen LogP contribution in [0.4, 0.5) is 0 Å². The lowest BCUT2D eigenvalue weighted by atomic mass is 9.82.